The van der Waals surface area contributed by atoms with E-state index in [1.165, 1.54) is 0 Å². The smallest absolute Gasteiger partial charge is 0.340 e. The minimum Gasteiger partial charge on any atom is -0.444 e. The lowest BCUT2D eigenvalue weighted by atomic mass is 10.1. The van der Waals surface area contributed by atoms with Gasteiger partial charge in [0.25, 0.3) is 5.91 Å². The Hall–Kier alpha value is -3.25. The summed E-state index contributed by atoms with van der Waals surface area (Å²) in [7, 11) is 0. The summed E-state index contributed by atoms with van der Waals surface area (Å²) >= 11 is 0. The molecule has 1 aromatic heterocycles. The average Bonchev–Trinajstić information content (AvgIpc) is 2.77. The monoisotopic (exact) mass is 390 g/mol. The Kier molecular flexibility index (Phi) is 5.53. The second-order valence-corrected chi connectivity index (χ2v) is 6.96. The number of carbonyl (C=O) groups is 2. The zero-order valence-corrected chi connectivity index (χ0v) is 16.2. The van der Waals surface area contributed by atoms with E-state index in [1.54, 1.807) is 23.1 Å². The van der Waals surface area contributed by atoms with Gasteiger partial charge in [0.1, 0.15) is 0 Å². The second kappa shape index (κ2) is 8.41. The molecule has 2 heterocycles. The van der Waals surface area contributed by atoms with Crippen LogP contribution < -0.4 is 0 Å². The summed E-state index contributed by atoms with van der Waals surface area (Å²) in [6.45, 7) is 3.76. The van der Waals surface area contributed by atoms with E-state index >= 15 is 0 Å². The van der Waals surface area contributed by atoms with E-state index in [0.717, 1.165) is 5.52 Å². The number of hydrogen-bond acceptors (Lipinski definition) is 5. The van der Waals surface area contributed by atoms with Crippen LogP contribution in [-0.2, 0) is 14.3 Å². The molecule has 1 fully saturated rings. The fourth-order valence-electron chi connectivity index (χ4n) is 3.49. The van der Waals surface area contributed by atoms with Crippen LogP contribution >= 0.6 is 0 Å². The molecule has 0 radical (unpaired) electrons. The maximum absolute atomic E-state index is 13.2. The molecule has 0 bridgehead atoms. The number of benzene rings is 2. The SMILES string of the molecule is Cc1cc(C(=O)OC(C(=O)N2CCOCC2)c2ccccc2)c2ccccc2n1. The highest BCUT2D eigenvalue weighted by Gasteiger charge is 2.31. The molecule has 4 rings (SSSR count). The van der Waals surface area contributed by atoms with Crippen LogP contribution in [0.1, 0.15) is 27.7 Å². The van der Waals surface area contributed by atoms with Gasteiger partial charge in [-0.2, -0.15) is 0 Å². The van der Waals surface area contributed by atoms with Gasteiger partial charge < -0.3 is 14.4 Å². The van der Waals surface area contributed by atoms with E-state index in [1.807, 2.05) is 49.4 Å². The molecule has 1 saturated heterocycles. The highest BCUT2D eigenvalue weighted by atomic mass is 16.5. The third-order valence-electron chi connectivity index (χ3n) is 4.94. The van der Waals surface area contributed by atoms with E-state index in [-0.39, 0.29) is 5.91 Å². The highest BCUT2D eigenvalue weighted by Crippen LogP contribution is 2.25. The molecule has 0 aliphatic carbocycles. The van der Waals surface area contributed by atoms with Crippen molar-refractivity contribution in [3.05, 3.63) is 77.5 Å². The Morgan fingerprint density at radius 1 is 1.03 bits per heavy atom. The van der Waals surface area contributed by atoms with Gasteiger partial charge in [-0.05, 0) is 19.1 Å². The lowest BCUT2D eigenvalue weighted by Crippen LogP contribution is -2.44. The molecule has 0 saturated carbocycles. The first-order valence-electron chi connectivity index (χ1n) is 9.62. The van der Waals surface area contributed by atoms with Crippen molar-refractivity contribution in [1.29, 1.82) is 0 Å². The van der Waals surface area contributed by atoms with Crippen molar-refractivity contribution in [1.82, 2.24) is 9.88 Å². The number of pyridine rings is 1. The van der Waals surface area contributed by atoms with Gasteiger partial charge in [-0.1, -0.05) is 48.5 Å². The third-order valence-corrected chi connectivity index (χ3v) is 4.94. The summed E-state index contributed by atoms with van der Waals surface area (Å²) < 4.78 is 11.1. The quantitative estimate of drug-likeness (QED) is 0.640. The topological polar surface area (TPSA) is 68.7 Å². The number of aryl methyl sites for hydroxylation is 1. The first kappa shape index (κ1) is 19.1. The minimum atomic E-state index is -1.01. The largest absolute Gasteiger partial charge is 0.444 e. The van der Waals surface area contributed by atoms with Crippen molar-refractivity contribution < 1.29 is 19.1 Å². The normalized spacial score (nSPS) is 15.1. The number of ether oxygens (including phenoxy) is 2. The Morgan fingerprint density at radius 3 is 2.48 bits per heavy atom. The molecular weight excluding hydrogens is 368 g/mol. The van der Waals surface area contributed by atoms with Gasteiger partial charge in [0.05, 0.1) is 24.3 Å². The van der Waals surface area contributed by atoms with Crippen molar-refractivity contribution in [2.45, 2.75) is 13.0 Å². The van der Waals surface area contributed by atoms with Crippen LogP contribution in [0, 0.1) is 6.92 Å². The maximum Gasteiger partial charge on any atom is 0.340 e. The summed E-state index contributed by atoms with van der Waals surface area (Å²) in [5, 5.41) is 0.703. The van der Waals surface area contributed by atoms with Gasteiger partial charge in [0.2, 0.25) is 6.10 Å². The molecule has 0 N–H and O–H groups in total. The van der Waals surface area contributed by atoms with Gasteiger partial charge in [0, 0.05) is 29.7 Å². The Bertz CT molecular complexity index is 1030. The predicted molar refractivity (Wildman–Crippen MR) is 108 cm³/mol. The number of morpholine rings is 1. The first-order valence-corrected chi connectivity index (χ1v) is 9.62. The molecule has 1 aliphatic rings. The number of amides is 1. The van der Waals surface area contributed by atoms with Gasteiger partial charge in [-0.15, -0.1) is 0 Å². The molecule has 1 amide bonds. The Balaban J connectivity index is 1.67. The molecule has 6 heteroatoms. The van der Waals surface area contributed by atoms with E-state index in [9.17, 15) is 9.59 Å². The Labute approximate surface area is 169 Å². The zero-order chi connectivity index (χ0) is 20.2. The molecule has 0 spiro atoms. The standard InChI is InChI=1S/C23H22N2O4/c1-16-15-19(18-9-5-6-10-20(18)24-16)23(27)29-21(17-7-3-2-4-8-17)22(26)25-11-13-28-14-12-25/h2-10,15,21H,11-14H2,1H3. The lowest BCUT2D eigenvalue weighted by Gasteiger charge is -2.30. The summed E-state index contributed by atoms with van der Waals surface area (Å²) in [4.78, 5) is 32.5. The van der Waals surface area contributed by atoms with Crippen LogP contribution in [0.3, 0.4) is 0 Å². The molecule has 29 heavy (non-hydrogen) atoms. The van der Waals surface area contributed by atoms with Crippen LogP contribution in [0.25, 0.3) is 10.9 Å². The number of fused-ring (bicyclic) bond motifs is 1. The van der Waals surface area contributed by atoms with Gasteiger partial charge in [-0.25, -0.2) is 4.79 Å². The number of para-hydroxylation sites is 1. The number of esters is 1. The van der Waals surface area contributed by atoms with Crippen LogP contribution in [0.5, 0.6) is 0 Å². The van der Waals surface area contributed by atoms with E-state index in [2.05, 4.69) is 4.98 Å². The first-order chi connectivity index (χ1) is 14.1. The molecule has 2 aromatic carbocycles. The summed E-state index contributed by atoms with van der Waals surface area (Å²) in [5.41, 5.74) is 2.48. The summed E-state index contributed by atoms with van der Waals surface area (Å²) in [6.07, 6.45) is -1.01. The van der Waals surface area contributed by atoms with Crippen molar-refractivity contribution in [2.75, 3.05) is 26.3 Å². The van der Waals surface area contributed by atoms with Crippen LogP contribution in [0.2, 0.25) is 0 Å². The van der Waals surface area contributed by atoms with E-state index in [4.69, 9.17) is 9.47 Å². The fourth-order valence-corrected chi connectivity index (χ4v) is 3.49. The summed E-state index contributed by atoms with van der Waals surface area (Å²) in [5.74, 6) is -0.773. The van der Waals surface area contributed by atoms with Crippen molar-refractivity contribution in [3.63, 3.8) is 0 Å². The van der Waals surface area contributed by atoms with Gasteiger partial charge >= 0.3 is 5.97 Å². The van der Waals surface area contributed by atoms with Crippen LogP contribution in [0.15, 0.2) is 60.7 Å². The number of rotatable bonds is 4. The lowest BCUT2D eigenvalue weighted by molar-refractivity contribution is -0.145. The summed E-state index contributed by atoms with van der Waals surface area (Å²) in [6, 6.07) is 18.2. The molecule has 6 nitrogen and oxygen atoms in total. The number of carbonyl (C=O) groups excluding carboxylic acids is 2. The predicted octanol–water partition coefficient (Wildman–Crippen LogP) is 3.30. The molecular formula is C23H22N2O4. The third kappa shape index (κ3) is 4.12. The van der Waals surface area contributed by atoms with Crippen molar-refractivity contribution in [3.8, 4) is 0 Å². The average molecular weight is 390 g/mol. The second-order valence-electron chi connectivity index (χ2n) is 6.96. The molecule has 3 aromatic rings. The molecule has 1 aliphatic heterocycles. The minimum absolute atomic E-state index is 0.233. The van der Waals surface area contributed by atoms with Gasteiger partial charge in [0.15, 0.2) is 0 Å². The van der Waals surface area contributed by atoms with Crippen molar-refractivity contribution in [2.24, 2.45) is 0 Å². The molecule has 148 valence electrons. The van der Waals surface area contributed by atoms with E-state index < -0.39 is 12.1 Å². The Morgan fingerprint density at radius 2 is 1.72 bits per heavy atom. The molecule has 1 unspecified atom stereocenters. The van der Waals surface area contributed by atoms with Crippen molar-refractivity contribution >= 4 is 22.8 Å². The maximum atomic E-state index is 13.2. The van der Waals surface area contributed by atoms with Crippen LogP contribution in [-0.4, -0.2) is 48.1 Å². The number of aromatic nitrogens is 1. The fraction of sp³-hybridized carbons (Fsp3) is 0.261. The molecule has 1 atom stereocenters. The van der Waals surface area contributed by atoms with Crippen LogP contribution in [0.4, 0.5) is 0 Å². The highest BCUT2D eigenvalue weighted by molar-refractivity contribution is 6.04. The number of hydrogen-bond donors (Lipinski definition) is 0. The zero-order valence-electron chi connectivity index (χ0n) is 16.2. The van der Waals surface area contributed by atoms with E-state index in [0.29, 0.717) is 48.5 Å². The number of nitrogens with zero attached hydrogens (tertiary/aromatic N) is 2. The van der Waals surface area contributed by atoms with Gasteiger partial charge in [-0.3, -0.25) is 9.78 Å².